The summed E-state index contributed by atoms with van der Waals surface area (Å²) in [7, 11) is -3.07. The van der Waals surface area contributed by atoms with Gasteiger partial charge in [-0.15, -0.1) is 0 Å². The lowest BCUT2D eigenvalue weighted by Crippen LogP contribution is -2.51. The van der Waals surface area contributed by atoms with Crippen LogP contribution < -0.4 is 9.47 Å². The monoisotopic (exact) mass is 485 g/mol. The van der Waals surface area contributed by atoms with Crippen molar-refractivity contribution >= 4 is 15.7 Å². The number of amides is 1. The highest BCUT2D eigenvalue weighted by Crippen LogP contribution is 2.32. The number of hydrogen-bond donors (Lipinski definition) is 0. The normalized spacial score (nSPS) is 22.1. The maximum absolute atomic E-state index is 13.3. The van der Waals surface area contributed by atoms with E-state index in [1.807, 2.05) is 42.5 Å². The Morgan fingerprint density at radius 3 is 2.41 bits per heavy atom. The van der Waals surface area contributed by atoms with Crippen molar-refractivity contribution in [2.45, 2.75) is 25.6 Å². The molecule has 1 atom stereocenters. The van der Waals surface area contributed by atoms with Gasteiger partial charge in [0.1, 0.15) is 0 Å². The van der Waals surface area contributed by atoms with Gasteiger partial charge in [-0.05, 0) is 29.7 Å². The van der Waals surface area contributed by atoms with Gasteiger partial charge in [0, 0.05) is 45.3 Å². The number of fused-ring (bicyclic) bond motifs is 1. The second-order valence-corrected chi connectivity index (χ2v) is 11.5. The summed E-state index contributed by atoms with van der Waals surface area (Å²) in [5.41, 5.74) is 2.21. The van der Waals surface area contributed by atoms with Crippen molar-refractivity contribution in [1.82, 2.24) is 14.7 Å². The molecule has 0 aromatic heterocycles. The van der Waals surface area contributed by atoms with Crippen molar-refractivity contribution < 1.29 is 22.7 Å². The number of rotatable bonds is 7. The summed E-state index contributed by atoms with van der Waals surface area (Å²) < 4.78 is 35.0. The van der Waals surface area contributed by atoms with Gasteiger partial charge >= 0.3 is 0 Å². The molecular weight excluding hydrogens is 454 g/mol. The summed E-state index contributed by atoms with van der Waals surface area (Å²) in [6, 6.07) is 15.6. The van der Waals surface area contributed by atoms with Crippen molar-refractivity contribution in [3.05, 3.63) is 59.7 Å². The van der Waals surface area contributed by atoms with E-state index in [2.05, 4.69) is 15.9 Å². The zero-order chi connectivity index (χ0) is 23.5. The molecule has 8 nitrogen and oxygen atoms in total. The van der Waals surface area contributed by atoms with Gasteiger partial charge in [-0.2, -0.15) is 0 Å². The van der Waals surface area contributed by atoms with Crippen molar-refractivity contribution in [3.63, 3.8) is 0 Å². The van der Waals surface area contributed by atoms with E-state index < -0.39 is 9.84 Å². The zero-order valence-corrected chi connectivity index (χ0v) is 20.1. The fourth-order valence-corrected chi connectivity index (χ4v) is 6.64. The van der Waals surface area contributed by atoms with Gasteiger partial charge in [-0.1, -0.05) is 36.4 Å². The summed E-state index contributed by atoms with van der Waals surface area (Å²) in [5.74, 6) is 1.83. The van der Waals surface area contributed by atoms with Crippen LogP contribution in [0.3, 0.4) is 0 Å². The summed E-state index contributed by atoms with van der Waals surface area (Å²) in [4.78, 5) is 19.7. The highest BCUT2D eigenvalue weighted by atomic mass is 32.2. The predicted molar refractivity (Wildman–Crippen MR) is 128 cm³/mol. The molecule has 2 aromatic carbocycles. The predicted octanol–water partition coefficient (Wildman–Crippen LogP) is 1.75. The van der Waals surface area contributed by atoms with Crippen molar-refractivity contribution in [3.8, 4) is 11.5 Å². The molecule has 0 spiro atoms. The number of benzene rings is 2. The average molecular weight is 486 g/mol. The van der Waals surface area contributed by atoms with Crippen LogP contribution in [-0.2, 0) is 27.7 Å². The minimum atomic E-state index is -3.07. The van der Waals surface area contributed by atoms with E-state index in [0.717, 1.165) is 49.8 Å². The second kappa shape index (κ2) is 9.93. The third-order valence-electron chi connectivity index (χ3n) is 6.83. The molecule has 2 saturated heterocycles. The molecule has 3 aliphatic heterocycles. The number of hydrogen-bond acceptors (Lipinski definition) is 7. The van der Waals surface area contributed by atoms with E-state index in [1.165, 1.54) is 5.56 Å². The van der Waals surface area contributed by atoms with Crippen LogP contribution in [0.15, 0.2) is 48.5 Å². The lowest BCUT2D eigenvalue weighted by molar-refractivity contribution is -0.135. The van der Waals surface area contributed by atoms with Gasteiger partial charge in [0.15, 0.2) is 21.3 Å². The number of ether oxygens (including phenoxy) is 2. The summed E-state index contributed by atoms with van der Waals surface area (Å²) in [6.45, 7) is 5.23. The van der Waals surface area contributed by atoms with Gasteiger partial charge in [-0.25, -0.2) is 8.42 Å². The smallest absolute Gasteiger partial charge is 0.237 e. The quantitative estimate of drug-likeness (QED) is 0.591. The molecule has 3 heterocycles. The van der Waals surface area contributed by atoms with Crippen LogP contribution in [0.4, 0.5) is 0 Å². The third-order valence-corrected chi connectivity index (χ3v) is 8.58. The topological polar surface area (TPSA) is 79.4 Å². The Morgan fingerprint density at radius 2 is 1.68 bits per heavy atom. The first-order valence-electron chi connectivity index (χ1n) is 11.8. The van der Waals surface area contributed by atoms with Crippen LogP contribution in [0.2, 0.25) is 0 Å². The van der Waals surface area contributed by atoms with E-state index >= 15 is 0 Å². The van der Waals surface area contributed by atoms with E-state index in [1.54, 1.807) is 4.90 Å². The summed E-state index contributed by atoms with van der Waals surface area (Å²) in [6.07, 6.45) is 0.518. The number of carbonyl (C=O) groups is 1. The molecule has 0 radical (unpaired) electrons. The van der Waals surface area contributed by atoms with E-state index in [4.69, 9.17) is 9.47 Å². The van der Waals surface area contributed by atoms with Crippen LogP contribution in [0.1, 0.15) is 17.5 Å². The molecule has 2 aromatic rings. The van der Waals surface area contributed by atoms with Crippen LogP contribution >= 0.6 is 0 Å². The molecule has 5 rings (SSSR count). The lowest BCUT2D eigenvalue weighted by Gasteiger charge is -2.36. The maximum atomic E-state index is 13.3. The molecule has 2 fully saturated rings. The van der Waals surface area contributed by atoms with Crippen molar-refractivity contribution in [1.29, 1.82) is 0 Å². The SMILES string of the molecule is O=C(CN1CCN(Cc2ccc3c(c2)OCO3)CC1)N(Cc1ccccc1)[C@H]1CCS(=O)(=O)C1. The minimum absolute atomic E-state index is 0.00942. The lowest BCUT2D eigenvalue weighted by atomic mass is 10.1. The van der Waals surface area contributed by atoms with Gasteiger partial charge in [0.05, 0.1) is 18.1 Å². The van der Waals surface area contributed by atoms with Crippen molar-refractivity contribution in [2.75, 3.05) is 51.0 Å². The molecule has 0 saturated carbocycles. The van der Waals surface area contributed by atoms with Crippen LogP contribution in [0.5, 0.6) is 11.5 Å². The van der Waals surface area contributed by atoms with Crippen molar-refractivity contribution in [2.24, 2.45) is 0 Å². The van der Waals surface area contributed by atoms with Gasteiger partial charge < -0.3 is 14.4 Å². The van der Waals surface area contributed by atoms with Gasteiger partial charge in [0.2, 0.25) is 12.7 Å². The Hall–Kier alpha value is -2.62. The minimum Gasteiger partial charge on any atom is -0.454 e. The molecule has 0 aliphatic carbocycles. The van der Waals surface area contributed by atoms with Crippen LogP contribution in [0.25, 0.3) is 0 Å². The van der Waals surface area contributed by atoms with E-state index in [9.17, 15) is 13.2 Å². The average Bonchev–Trinajstić information content (AvgIpc) is 3.44. The zero-order valence-electron chi connectivity index (χ0n) is 19.3. The number of carbonyl (C=O) groups excluding carboxylic acids is 1. The fraction of sp³-hybridized carbons (Fsp3) is 0.480. The Kier molecular flexibility index (Phi) is 6.76. The first kappa shape index (κ1) is 23.1. The Balaban J connectivity index is 1.17. The Labute approximate surface area is 201 Å². The number of nitrogens with zero attached hydrogens (tertiary/aromatic N) is 3. The molecular formula is C25H31N3O5S. The standard InChI is InChI=1S/C25H31N3O5S/c29-25(28(16-20-4-2-1-3-5-20)22-8-13-34(30,31)18-22)17-27-11-9-26(10-12-27)15-21-6-7-23-24(14-21)33-19-32-23/h1-7,14,22H,8-13,15-19H2/t22-/m0/s1. The molecule has 1 amide bonds. The Morgan fingerprint density at radius 1 is 0.941 bits per heavy atom. The summed E-state index contributed by atoms with van der Waals surface area (Å²) in [5, 5.41) is 0. The fourth-order valence-electron chi connectivity index (χ4n) is 4.91. The molecule has 34 heavy (non-hydrogen) atoms. The molecule has 0 N–H and O–H groups in total. The number of sulfone groups is 1. The van der Waals surface area contributed by atoms with Gasteiger partial charge in [0.25, 0.3) is 0 Å². The first-order chi connectivity index (χ1) is 16.4. The largest absolute Gasteiger partial charge is 0.454 e. The molecule has 182 valence electrons. The second-order valence-electron chi connectivity index (χ2n) is 9.30. The molecule has 9 heteroatoms. The van der Waals surface area contributed by atoms with E-state index in [-0.39, 0.29) is 30.2 Å². The number of piperazine rings is 1. The molecule has 0 bridgehead atoms. The highest BCUT2D eigenvalue weighted by Gasteiger charge is 2.35. The van der Waals surface area contributed by atoms with E-state index in [0.29, 0.717) is 19.5 Å². The molecule has 3 aliphatic rings. The van der Waals surface area contributed by atoms with Gasteiger partial charge in [-0.3, -0.25) is 14.6 Å². The van der Waals surface area contributed by atoms with Crippen LogP contribution in [-0.4, -0.2) is 86.1 Å². The molecule has 0 unspecified atom stereocenters. The third kappa shape index (κ3) is 5.54. The Bertz CT molecular complexity index is 1120. The maximum Gasteiger partial charge on any atom is 0.237 e. The summed E-state index contributed by atoms with van der Waals surface area (Å²) >= 11 is 0. The van der Waals surface area contributed by atoms with Crippen LogP contribution in [0, 0.1) is 0 Å². The highest BCUT2D eigenvalue weighted by molar-refractivity contribution is 7.91. The first-order valence-corrected chi connectivity index (χ1v) is 13.6.